The number of benzene rings is 4. The van der Waals surface area contributed by atoms with E-state index in [0.29, 0.717) is 6.54 Å². The molecule has 5 rings (SSSR count). The Kier molecular flexibility index (Phi) is 8.39. The topological polar surface area (TPSA) is 64.7 Å². The fraction of sp³-hybridized carbons (Fsp3) is 0.250. The summed E-state index contributed by atoms with van der Waals surface area (Å²) in [6.45, 7) is 2.73. The maximum absolute atomic E-state index is 9.48. The van der Waals surface area contributed by atoms with E-state index in [1.165, 1.54) is 4.90 Å². The van der Waals surface area contributed by atoms with Gasteiger partial charge >= 0.3 is 0 Å². The Hall–Kier alpha value is -2.93. The van der Waals surface area contributed by atoms with Gasteiger partial charge in [0.2, 0.25) is 0 Å². The number of ether oxygens (including phenoxy) is 2. The molecular weight excluding hydrogens is 478 g/mol. The van der Waals surface area contributed by atoms with Gasteiger partial charge in [0.25, 0.3) is 0 Å². The second kappa shape index (κ2) is 12.1. The largest absolute Gasteiger partial charge is 0.392 e. The molecule has 0 aromatic heterocycles. The van der Waals surface area contributed by atoms with E-state index in [1.807, 2.05) is 42.1 Å². The molecular formula is C32H33NO3S. The minimum absolute atomic E-state index is 0.00381. The molecule has 0 bridgehead atoms. The van der Waals surface area contributed by atoms with Crippen molar-refractivity contribution in [3.05, 3.63) is 125 Å². The predicted octanol–water partition coefficient (Wildman–Crippen LogP) is 6.89. The Balaban J connectivity index is 1.40. The van der Waals surface area contributed by atoms with Crippen LogP contribution in [0.5, 0.6) is 0 Å². The van der Waals surface area contributed by atoms with E-state index in [2.05, 4.69) is 79.7 Å². The fourth-order valence-electron chi connectivity index (χ4n) is 4.80. The van der Waals surface area contributed by atoms with Crippen LogP contribution in [-0.4, -0.2) is 17.0 Å². The third kappa shape index (κ3) is 5.98. The molecule has 0 aliphatic carbocycles. The van der Waals surface area contributed by atoms with E-state index >= 15 is 0 Å². The highest BCUT2D eigenvalue weighted by molar-refractivity contribution is 7.99. The first-order valence-corrected chi connectivity index (χ1v) is 13.7. The van der Waals surface area contributed by atoms with Gasteiger partial charge in [-0.15, -0.1) is 11.8 Å². The van der Waals surface area contributed by atoms with Crippen LogP contribution < -0.4 is 5.73 Å². The molecule has 1 heterocycles. The van der Waals surface area contributed by atoms with Crippen LogP contribution in [0.1, 0.15) is 41.6 Å². The lowest BCUT2D eigenvalue weighted by molar-refractivity contribution is -0.268. The summed E-state index contributed by atoms with van der Waals surface area (Å²) in [6, 6.07) is 35.1. The van der Waals surface area contributed by atoms with Crippen molar-refractivity contribution >= 4 is 11.8 Å². The van der Waals surface area contributed by atoms with Crippen molar-refractivity contribution in [1.82, 2.24) is 0 Å². The number of aliphatic hydroxyl groups excluding tert-OH is 1. The number of aliphatic hydroxyl groups is 1. The molecule has 0 radical (unpaired) electrons. The molecule has 1 aliphatic heterocycles. The molecule has 190 valence electrons. The number of hydrogen-bond donors (Lipinski definition) is 2. The summed E-state index contributed by atoms with van der Waals surface area (Å²) in [6.07, 6.45) is -0.589. The molecule has 0 spiro atoms. The molecule has 0 unspecified atom stereocenters. The predicted molar refractivity (Wildman–Crippen MR) is 150 cm³/mol. The van der Waals surface area contributed by atoms with Gasteiger partial charge in [-0.1, -0.05) is 97.9 Å². The van der Waals surface area contributed by atoms with Gasteiger partial charge in [0.1, 0.15) is 0 Å². The summed E-state index contributed by atoms with van der Waals surface area (Å²) < 4.78 is 13.2. The van der Waals surface area contributed by atoms with Crippen molar-refractivity contribution in [1.29, 1.82) is 0 Å². The first-order valence-electron chi connectivity index (χ1n) is 12.7. The van der Waals surface area contributed by atoms with Crippen molar-refractivity contribution in [3.63, 3.8) is 0 Å². The van der Waals surface area contributed by atoms with Crippen LogP contribution in [-0.2, 0) is 22.6 Å². The Morgan fingerprint density at radius 1 is 0.784 bits per heavy atom. The van der Waals surface area contributed by atoms with Gasteiger partial charge in [0.15, 0.2) is 6.29 Å². The zero-order valence-corrected chi connectivity index (χ0v) is 21.8. The second-order valence-corrected chi connectivity index (χ2v) is 10.5. The lowest BCUT2D eigenvalue weighted by atomic mass is 9.91. The number of thioether (sulfide) groups is 1. The quantitative estimate of drug-likeness (QED) is 0.252. The minimum atomic E-state index is -0.473. The molecule has 37 heavy (non-hydrogen) atoms. The van der Waals surface area contributed by atoms with Gasteiger partial charge in [0.05, 0.1) is 18.8 Å². The average Bonchev–Trinajstić information content (AvgIpc) is 2.97. The van der Waals surface area contributed by atoms with Gasteiger partial charge < -0.3 is 20.3 Å². The average molecular weight is 512 g/mol. The highest BCUT2D eigenvalue weighted by atomic mass is 32.2. The zero-order chi connectivity index (χ0) is 25.6. The van der Waals surface area contributed by atoms with Gasteiger partial charge in [0, 0.05) is 28.7 Å². The Labute approximate surface area is 223 Å². The molecule has 5 heteroatoms. The van der Waals surface area contributed by atoms with Crippen molar-refractivity contribution in [2.45, 2.75) is 43.5 Å². The monoisotopic (exact) mass is 511 g/mol. The van der Waals surface area contributed by atoms with Gasteiger partial charge in [-0.25, -0.2) is 0 Å². The molecule has 1 aliphatic rings. The number of nitrogens with two attached hydrogens (primary N) is 1. The van der Waals surface area contributed by atoms with Crippen molar-refractivity contribution in [3.8, 4) is 11.1 Å². The van der Waals surface area contributed by atoms with E-state index in [9.17, 15) is 5.11 Å². The molecule has 4 aromatic carbocycles. The Bertz CT molecular complexity index is 1280. The third-order valence-electron chi connectivity index (χ3n) is 7.01. The third-order valence-corrected chi connectivity index (χ3v) is 8.11. The van der Waals surface area contributed by atoms with E-state index in [1.54, 1.807) is 0 Å². The van der Waals surface area contributed by atoms with Crippen molar-refractivity contribution < 1.29 is 14.6 Å². The van der Waals surface area contributed by atoms with Crippen LogP contribution >= 0.6 is 11.8 Å². The van der Waals surface area contributed by atoms with E-state index in [0.717, 1.165) is 39.1 Å². The lowest BCUT2D eigenvalue weighted by Gasteiger charge is -2.41. The first kappa shape index (κ1) is 25.7. The highest BCUT2D eigenvalue weighted by Crippen LogP contribution is 2.43. The van der Waals surface area contributed by atoms with Gasteiger partial charge in [-0.05, 0) is 39.9 Å². The zero-order valence-electron chi connectivity index (χ0n) is 21.0. The molecule has 4 atom stereocenters. The normalized spacial score (nSPS) is 21.6. The molecule has 0 amide bonds. The Morgan fingerprint density at radius 2 is 1.46 bits per heavy atom. The number of hydrogen-bond acceptors (Lipinski definition) is 5. The molecule has 1 fully saturated rings. The standard InChI is InChI=1S/C32H33NO3S/c1-22-30(21-37-28-8-3-2-4-9-28)35-32(36-31(22)25-13-11-23(20-34)12-14-25)26-17-15-24(16-18-26)29-10-6-5-7-27(29)19-33/h2-18,22,30-32,34H,19-21,33H2,1H3/t22-,30+,31+,32+/m0/s1. The van der Waals surface area contributed by atoms with Crippen LogP contribution in [0.25, 0.3) is 11.1 Å². The van der Waals surface area contributed by atoms with E-state index in [4.69, 9.17) is 15.2 Å². The summed E-state index contributed by atoms with van der Waals surface area (Å²) in [4.78, 5) is 1.23. The van der Waals surface area contributed by atoms with E-state index in [-0.39, 0.29) is 24.7 Å². The summed E-state index contributed by atoms with van der Waals surface area (Å²) in [5, 5.41) is 9.48. The van der Waals surface area contributed by atoms with Crippen LogP contribution in [0.15, 0.2) is 108 Å². The summed E-state index contributed by atoms with van der Waals surface area (Å²) >= 11 is 1.81. The molecule has 4 nitrogen and oxygen atoms in total. The SMILES string of the molecule is C[C@H]1[C@@H](CSc2ccccc2)O[C@@H](c2ccc(-c3ccccc3CN)cc2)O[C@H]1c1ccc(CO)cc1. The lowest BCUT2D eigenvalue weighted by Crippen LogP contribution is -2.38. The second-order valence-electron chi connectivity index (χ2n) is 9.43. The first-order chi connectivity index (χ1) is 18.2. The maximum atomic E-state index is 9.48. The minimum Gasteiger partial charge on any atom is -0.392 e. The maximum Gasteiger partial charge on any atom is 0.184 e. The summed E-state index contributed by atoms with van der Waals surface area (Å²) in [5.74, 6) is 0.987. The molecule has 0 saturated carbocycles. The number of rotatable bonds is 8. The summed E-state index contributed by atoms with van der Waals surface area (Å²) in [5.41, 5.74) is 12.3. The van der Waals surface area contributed by atoms with Crippen molar-refractivity contribution in [2.24, 2.45) is 11.7 Å². The van der Waals surface area contributed by atoms with Crippen LogP contribution in [0.2, 0.25) is 0 Å². The van der Waals surface area contributed by atoms with Gasteiger partial charge in [-0.2, -0.15) is 0 Å². The smallest absolute Gasteiger partial charge is 0.184 e. The highest BCUT2D eigenvalue weighted by Gasteiger charge is 2.38. The van der Waals surface area contributed by atoms with Crippen molar-refractivity contribution in [2.75, 3.05) is 5.75 Å². The van der Waals surface area contributed by atoms with Crippen LogP contribution in [0.3, 0.4) is 0 Å². The van der Waals surface area contributed by atoms with Gasteiger partial charge in [-0.3, -0.25) is 0 Å². The fourth-order valence-corrected chi connectivity index (χ4v) is 5.89. The van der Waals surface area contributed by atoms with Crippen LogP contribution in [0.4, 0.5) is 0 Å². The molecule has 3 N–H and O–H groups in total. The Morgan fingerprint density at radius 3 is 2.16 bits per heavy atom. The molecule has 4 aromatic rings. The summed E-state index contributed by atoms with van der Waals surface area (Å²) in [7, 11) is 0. The molecule has 1 saturated heterocycles. The van der Waals surface area contributed by atoms with E-state index < -0.39 is 6.29 Å². The van der Waals surface area contributed by atoms with Crippen LogP contribution in [0, 0.1) is 5.92 Å².